The Morgan fingerprint density at radius 2 is 1.87 bits per heavy atom. The predicted octanol–water partition coefficient (Wildman–Crippen LogP) is 1.94. The molecule has 0 aliphatic carbocycles. The molecule has 1 rings (SSSR count). The molecule has 0 radical (unpaired) electrons. The van der Waals surface area contributed by atoms with Crippen LogP contribution < -0.4 is 0 Å². The summed E-state index contributed by atoms with van der Waals surface area (Å²) in [7, 11) is 0. The third kappa shape index (κ3) is 3.49. The molecule has 1 fully saturated rings. The summed E-state index contributed by atoms with van der Waals surface area (Å²) in [5.74, 6) is 0.267. The highest BCUT2D eigenvalue weighted by atomic mass is 16.3. The lowest BCUT2D eigenvalue weighted by Crippen LogP contribution is -2.47. The first kappa shape index (κ1) is 12.5. The molecule has 0 aromatic rings. The van der Waals surface area contributed by atoms with Crippen LogP contribution in [0.1, 0.15) is 52.4 Å². The van der Waals surface area contributed by atoms with Gasteiger partial charge in [-0.25, -0.2) is 0 Å². The number of rotatable bonds is 4. The van der Waals surface area contributed by atoms with Crippen molar-refractivity contribution in [1.29, 1.82) is 0 Å². The molecule has 88 valence electrons. The monoisotopic (exact) mass is 213 g/mol. The number of piperidine rings is 1. The Kier molecular flexibility index (Phi) is 5.09. The molecule has 2 unspecified atom stereocenters. The Hall–Kier alpha value is -0.570. The van der Waals surface area contributed by atoms with Crippen LogP contribution in [0, 0.1) is 0 Å². The van der Waals surface area contributed by atoms with Crippen molar-refractivity contribution in [3.05, 3.63) is 0 Å². The van der Waals surface area contributed by atoms with Gasteiger partial charge in [-0.3, -0.25) is 4.79 Å². The SMILES string of the molecule is CC1CCCC(C)N1C(=O)CCCCO. The number of aliphatic hydroxyl groups is 1. The number of amides is 1. The van der Waals surface area contributed by atoms with Crippen molar-refractivity contribution in [2.75, 3.05) is 6.61 Å². The van der Waals surface area contributed by atoms with E-state index in [1.54, 1.807) is 0 Å². The summed E-state index contributed by atoms with van der Waals surface area (Å²) in [6.07, 6.45) is 5.65. The highest BCUT2D eigenvalue weighted by Crippen LogP contribution is 2.23. The van der Waals surface area contributed by atoms with Crippen LogP contribution in [0.4, 0.5) is 0 Å². The smallest absolute Gasteiger partial charge is 0.223 e. The summed E-state index contributed by atoms with van der Waals surface area (Å²) in [5.41, 5.74) is 0. The summed E-state index contributed by atoms with van der Waals surface area (Å²) in [5, 5.41) is 8.67. The van der Waals surface area contributed by atoms with Crippen LogP contribution in [-0.2, 0) is 4.79 Å². The number of aliphatic hydroxyl groups excluding tert-OH is 1. The van der Waals surface area contributed by atoms with Gasteiger partial charge in [-0.05, 0) is 46.0 Å². The first-order valence-electron chi connectivity index (χ1n) is 6.09. The molecule has 3 nitrogen and oxygen atoms in total. The van der Waals surface area contributed by atoms with Crippen LogP contribution in [0.25, 0.3) is 0 Å². The molecule has 1 saturated heterocycles. The van der Waals surface area contributed by atoms with Gasteiger partial charge >= 0.3 is 0 Å². The normalized spacial score (nSPS) is 26.7. The predicted molar refractivity (Wildman–Crippen MR) is 60.6 cm³/mol. The maximum Gasteiger partial charge on any atom is 0.223 e. The zero-order valence-corrected chi connectivity index (χ0v) is 9.91. The minimum absolute atomic E-state index is 0.193. The molecule has 15 heavy (non-hydrogen) atoms. The van der Waals surface area contributed by atoms with Gasteiger partial charge in [0.1, 0.15) is 0 Å². The fraction of sp³-hybridized carbons (Fsp3) is 0.917. The summed E-state index contributed by atoms with van der Waals surface area (Å²) in [4.78, 5) is 14.0. The maximum absolute atomic E-state index is 11.9. The maximum atomic E-state index is 11.9. The van der Waals surface area contributed by atoms with E-state index in [-0.39, 0.29) is 12.5 Å². The molecule has 0 spiro atoms. The average molecular weight is 213 g/mol. The molecule has 0 saturated carbocycles. The van der Waals surface area contributed by atoms with E-state index in [2.05, 4.69) is 13.8 Å². The van der Waals surface area contributed by atoms with Gasteiger partial charge in [0.15, 0.2) is 0 Å². The van der Waals surface area contributed by atoms with Gasteiger partial charge in [0.05, 0.1) is 0 Å². The first-order chi connectivity index (χ1) is 7.16. The van der Waals surface area contributed by atoms with Crippen LogP contribution in [-0.4, -0.2) is 34.6 Å². The fourth-order valence-corrected chi connectivity index (χ4v) is 2.43. The summed E-state index contributed by atoms with van der Waals surface area (Å²) < 4.78 is 0. The second-order valence-electron chi connectivity index (χ2n) is 4.61. The van der Waals surface area contributed by atoms with E-state index in [0.717, 1.165) is 25.7 Å². The van der Waals surface area contributed by atoms with Gasteiger partial charge in [-0.1, -0.05) is 0 Å². The minimum atomic E-state index is 0.193. The lowest BCUT2D eigenvalue weighted by Gasteiger charge is -2.39. The van der Waals surface area contributed by atoms with Gasteiger partial charge in [-0.2, -0.15) is 0 Å². The van der Waals surface area contributed by atoms with Gasteiger partial charge in [0.2, 0.25) is 5.91 Å². The Bertz CT molecular complexity index is 196. The number of unbranched alkanes of at least 4 members (excludes halogenated alkanes) is 1. The van der Waals surface area contributed by atoms with Crippen LogP contribution in [0.5, 0.6) is 0 Å². The van der Waals surface area contributed by atoms with Crippen molar-refractivity contribution in [2.24, 2.45) is 0 Å². The topological polar surface area (TPSA) is 40.5 Å². The van der Waals surface area contributed by atoms with E-state index in [4.69, 9.17) is 5.11 Å². The van der Waals surface area contributed by atoms with Gasteiger partial charge < -0.3 is 10.0 Å². The zero-order chi connectivity index (χ0) is 11.3. The summed E-state index contributed by atoms with van der Waals surface area (Å²) in [6, 6.07) is 0.797. The van der Waals surface area contributed by atoms with Crippen LogP contribution in [0.3, 0.4) is 0 Å². The van der Waals surface area contributed by atoms with Crippen LogP contribution in [0.2, 0.25) is 0 Å². The lowest BCUT2D eigenvalue weighted by atomic mass is 9.97. The van der Waals surface area contributed by atoms with Crippen molar-refractivity contribution in [3.63, 3.8) is 0 Å². The molecule has 1 aliphatic rings. The largest absolute Gasteiger partial charge is 0.396 e. The molecular weight excluding hydrogens is 190 g/mol. The number of hydrogen-bond acceptors (Lipinski definition) is 2. The molecule has 3 heteroatoms. The molecular formula is C12H23NO2. The van der Waals surface area contributed by atoms with Crippen molar-refractivity contribution in [1.82, 2.24) is 4.90 Å². The second-order valence-corrected chi connectivity index (χ2v) is 4.61. The van der Waals surface area contributed by atoms with E-state index in [1.807, 2.05) is 4.90 Å². The van der Waals surface area contributed by atoms with Crippen LogP contribution in [0.15, 0.2) is 0 Å². The Morgan fingerprint density at radius 1 is 1.27 bits per heavy atom. The van der Waals surface area contributed by atoms with E-state index < -0.39 is 0 Å². The highest BCUT2D eigenvalue weighted by molar-refractivity contribution is 5.76. The number of carbonyl (C=O) groups excluding carboxylic acids is 1. The molecule has 1 amide bonds. The van der Waals surface area contributed by atoms with Crippen LogP contribution >= 0.6 is 0 Å². The number of nitrogens with zero attached hydrogens (tertiary/aromatic N) is 1. The Labute approximate surface area is 92.5 Å². The van der Waals surface area contributed by atoms with Gasteiger partial charge in [0, 0.05) is 25.1 Å². The zero-order valence-electron chi connectivity index (χ0n) is 9.91. The standard InChI is InChI=1S/C12H23NO2/c1-10-6-5-7-11(2)13(10)12(15)8-3-4-9-14/h10-11,14H,3-9H2,1-2H3. The second kappa shape index (κ2) is 6.11. The first-order valence-corrected chi connectivity index (χ1v) is 6.09. The minimum Gasteiger partial charge on any atom is -0.396 e. The molecule has 1 N–H and O–H groups in total. The Balaban J connectivity index is 2.41. The van der Waals surface area contributed by atoms with Crippen molar-refractivity contribution in [2.45, 2.75) is 64.5 Å². The number of hydrogen-bond donors (Lipinski definition) is 1. The summed E-state index contributed by atoms with van der Waals surface area (Å²) in [6.45, 7) is 4.47. The van der Waals surface area contributed by atoms with Crippen molar-refractivity contribution in [3.8, 4) is 0 Å². The quantitative estimate of drug-likeness (QED) is 0.725. The Morgan fingerprint density at radius 3 is 2.40 bits per heavy atom. The molecule has 1 aliphatic heterocycles. The third-order valence-corrected chi connectivity index (χ3v) is 3.28. The van der Waals surface area contributed by atoms with Crippen molar-refractivity contribution >= 4 is 5.91 Å². The molecule has 2 atom stereocenters. The highest BCUT2D eigenvalue weighted by Gasteiger charge is 2.27. The lowest BCUT2D eigenvalue weighted by molar-refractivity contribution is -0.137. The molecule has 1 heterocycles. The van der Waals surface area contributed by atoms with Gasteiger partial charge in [0.25, 0.3) is 0 Å². The van der Waals surface area contributed by atoms with E-state index in [0.29, 0.717) is 18.5 Å². The average Bonchev–Trinajstić information content (AvgIpc) is 2.18. The van der Waals surface area contributed by atoms with Crippen molar-refractivity contribution < 1.29 is 9.90 Å². The number of likely N-dealkylation sites (tertiary alicyclic amines) is 1. The number of carbonyl (C=O) groups is 1. The van der Waals surface area contributed by atoms with E-state index in [1.165, 1.54) is 6.42 Å². The molecule has 0 bridgehead atoms. The van der Waals surface area contributed by atoms with E-state index in [9.17, 15) is 4.79 Å². The van der Waals surface area contributed by atoms with E-state index >= 15 is 0 Å². The molecule has 0 aromatic carbocycles. The fourth-order valence-electron chi connectivity index (χ4n) is 2.43. The molecule has 0 aromatic heterocycles. The summed E-state index contributed by atoms with van der Waals surface area (Å²) >= 11 is 0. The van der Waals surface area contributed by atoms with Gasteiger partial charge in [-0.15, -0.1) is 0 Å². The third-order valence-electron chi connectivity index (χ3n) is 3.28.